The van der Waals surface area contributed by atoms with Crippen LogP contribution in [0.5, 0.6) is 5.75 Å². The van der Waals surface area contributed by atoms with Gasteiger partial charge in [0.05, 0.1) is 13.2 Å². The van der Waals surface area contributed by atoms with Crippen LogP contribution in [0.4, 0.5) is 4.79 Å². The predicted molar refractivity (Wildman–Crippen MR) is 85.8 cm³/mol. The van der Waals surface area contributed by atoms with Crippen molar-refractivity contribution in [2.45, 2.75) is 12.5 Å². The van der Waals surface area contributed by atoms with Crippen LogP contribution in [-0.4, -0.2) is 18.3 Å². The third-order valence-electron chi connectivity index (χ3n) is 3.38. The lowest BCUT2D eigenvalue weighted by Crippen LogP contribution is -2.29. The molecule has 1 atom stereocenters. The fraction of sp³-hybridized carbons (Fsp3) is 0.167. The number of alkyl carbamates (subject to hydrolysis) is 1. The third-order valence-corrected chi connectivity index (χ3v) is 3.38. The molecule has 0 bridgehead atoms. The number of amides is 1. The van der Waals surface area contributed by atoms with Gasteiger partial charge in [-0.25, -0.2) is 4.79 Å². The maximum Gasteiger partial charge on any atom is 0.407 e. The van der Waals surface area contributed by atoms with Gasteiger partial charge in [-0.15, -0.1) is 6.58 Å². The first-order chi connectivity index (χ1) is 10.7. The lowest BCUT2D eigenvalue weighted by Gasteiger charge is -2.20. The number of carbonyl (C=O) groups is 1. The van der Waals surface area contributed by atoms with Crippen molar-refractivity contribution in [2.24, 2.45) is 0 Å². The molecule has 0 spiro atoms. The van der Waals surface area contributed by atoms with Gasteiger partial charge >= 0.3 is 6.09 Å². The maximum atomic E-state index is 11.6. The van der Waals surface area contributed by atoms with Crippen molar-refractivity contribution < 1.29 is 14.6 Å². The minimum absolute atomic E-state index is 0.216. The second-order valence-electron chi connectivity index (χ2n) is 4.86. The summed E-state index contributed by atoms with van der Waals surface area (Å²) in [4.78, 5) is 11.6. The molecule has 22 heavy (non-hydrogen) atoms. The van der Waals surface area contributed by atoms with E-state index in [-0.39, 0.29) is 11.8 Å². The smallest absolute Gasteiger partial charge is 0.407 e. The second-order valence-corrected chi connectivity index (χ2v) is 4.86. The Labute approximate surface area is 130 Å². The predicted octanol–water partition coefficient (Wildman–Crippen LogP) is 3.57. The summed E-state index contributed by atoms with van der Waals surface area (Å²) in [6.45, 7) is 3.69. The molecule has 2 rings (SSSR count). The SMILES string of the molecule is C=CCc1cc([C@H](NC(=O)OC)c2ccccc2)ccc1O. The molecule has 0 aliphatic rings. The average molecular weight is 297 g/mol. The zero-order chi connectivity index (χ0) is 15.9. The number of methoxy groups -OCH3 is 1. The molecule has 114 valence electrons. The molecule has 0 radical (unpaired) electrons. The van der Waals surface area contributed by atoms with Gasteiger partial charge in [0.2, 0.25) is 0 Å². The first-order valence-corrected chi connectivity index (χ1v) is 6.97. The Morgan fingerprint density at radius 2 is 2.00 bits per heavy atom. The lowest BCUT2D eigenvalue weighted by atomic mass is 9.96. The van der Waals surface area contributed by atoms with E-state index in [1.165, 1.54) is 7.11 Å². The van der Waals surface area contributed by atoms with E-state index in [4.69, 9.17) is 4.74 Å². The highest BCUT2D eigenvalue weighted by atomic mass is 16.5. The molecule has 0 unspecified atom stereocenters. The van der Waals surface area contributed by atoms with E-state index in [0.717, 1.165) is 16.7 Å². The minimum Gasteiger partial charge on any atom is -0.508 e. The van der Waals surface area contributed by atoms with Crippen LogP contribution in [0.2, 0.25) is 0 Å². The summed E-state index contributed by atoms with van der Waals surface area (Å²) in [6.07, 6.45) is 1.77. The molecule has 0 aliphatic carbocycles. The summed E-state index contributed by atoms with van der Waals surface area (Å²) >= 11 is 0. The Kier molecular flexibility index (Phi) is 5.20. The standard InChI is InChI=1S/C18H19NO3/c1-3-7-14-12-15(10-11-16(14)20)17(19-18(21)22-2)13-8-5-4-6-9-13/h3-6,8-12,17,20H,1,7H2,2H3,(H,19,21)/t17-/m1/s1. The summed E-state index contributed by atoms with van der Waals surface area (Å²) in [6, 6.07) is 14.5. The van der Waals surface area contributed by atoms with Crippen molar-refractivity contribution in [3.05, 3.63) is 77.9 Å². The summed E-state index contributed by atoms with van der Waals surface area (Å²) < 4.78 is 4.71. The number of nitrogens with one attached hydrogen (secondary N) is 1. The number of aromatic hydroxyl groups is 1. The van der Waals surface area contributed by atoms with Crippen molar-refractivity contribution >= 4 is 6.09 Å². The number of rotatable bonds is 5. The van der Waals surface area contributed by atoms with Crippen LogP contribution in [0.3, 0.4) is 0 Å². The zero-order valence-electron chi connectivity index (χ0n) is 12.5. The Morgan fingerprint density at radius 1 is 1.27 bits per heavy atom. The van der Waals surface area contributed by atoms with E-state index in [2.05, 4.69) is 11.9 Å². The van der Waals surface area contributed by atoms with Crippen molar-refractivity contribution in [3.8, 4) is 5.75 Å². The Hall–Kier alpha value is -2.75. The average Bonchev–Trinajstić information content (AvgIpc) is 2.55. The summed E-state index contributed by atoms with van der Waals surface area (Å²) in [5.41, 5.74) is 2.56. The molecular weight excluding hydrogens is 278 g/mol. The molecule has 0 saturated carbocycles. The topological polar surface area (TPSA) is 58.6 Å². The zero-order valence-corrected chi connectivity index (χ0v) is 12.5. The largest absolute Gasteiger partial charge is 0.508 e. The van der Waals surface area contributed by atoms with Gasteiger partial charge in [-0.3, -0.25) is 0 Å². The molecule has 0 saturated heterocycles. The number of benzene rings is 2. The fourth-order valence-electron chi connectivity index (χ4n) is 2.29. The Balaban J connectivity index is 2.42. The molecule has 4 heteroatoms. The molecule has 0 aliphatic heterocycles. The van der Waals surface area contributed by atoms with Crippen LogP contribution in [0.15, 0.2) is 61.2 Å². The monoisotopic (exact) mass is 297 g/mol. The quantitative estimate of drug-likeness (QED) is 0.830. The van der Waals surface area contributed by atoms with Gasteiger partial charge in [-0.05, 0) is 35.2 Å². The van der Waals surface area contributed by atoms with Gasteiger partial charge in [0.1, 0.15) is 5.75 Å². The van der Waals surface area contributed by atoms with Gasteiger partial charge in [0, 0.05) is 0 Å². The van der Waals surface area contributed by atoms with Crippen LogP contribution in [0, 0.1) is 0 Å². The molecule has 0 heterocycles. The number of hydrogen-bond donors (Lipinski definition) is 2. The van der Waals surface area contributed by atoms with Crippen LogP contribution in [-0.2, 0) is 11.2 Å². The van der Waals surface area contributed by atoms with E-state index in [0.29, 0.717) is 6.42 Å². The van der Waals surface area contributed by atoms with Gasteiger partial charge < -0.3 is 15.2 Å². The summed E-state index contributed by atoms with van der Waals surface area (Å²) in [7, 11) is 1.33. The molecule has 2 N–H and O–H groups in total. The van der Waals surface area contributed by atoms with Crippen molar-refractivity contribution in [1.82, 2.24) is 5.32 Å². The Morgan fingerprint density at radius 3 is 2.64 bits per heavy atom. The second kappa shape index (κ2) is 7.31. The number of allylic oxidation sites excluding steroid dienone is 1. The van der Waals surface area contributed by atoms with E-state index >= 15 is 0 Å². The van der Waals surface area contributed by atoms with E-state index in [1.54, 1.807) is 18.2 Å². The van der Waals surface area contributed by atoms with Crippen LogP contribution in [0.25, 0.3) is 0 Å². The molecule has 2 aromatic rings. The molecule has 2 aromatic carbocycles. The van der Waals surface area contributed by atoms with E-state index in [9.17, 15) is 9.90 Å². The fourth-order valence-corrected chi connectivity index (χ4v) is 2.29. The lowest BCUT2D eigenvalue weighted by molar-refractivity contribution is 0.168. The van der Waals surface area contributed by atoms with Gasteiger partial charge in [0.25, 0.3) is 0 Å². The van der Waals surface area contributed by atoms with Gasteiger partial charge in [-0.2, -0.15) is 0 Å². The number of phenols is 1. The molecule has 1 amide bonds. The first-order valence-electron chi connectivity index (χ1n) is 6.97. The first kappa shape index (κ1) is 15.6. The van der Waals surface area contributed by atoms with E-state index < -0.39 is 6.09 Å². The van der Waals surface area contributed by atoms with Crippen LogP contribution >= 0.6 is 0 Å². The number of hydrogen-bond acceptors (Lipinski definition) is 3. The molecular formula is C18H19NO3. The summed E-state index contributed by atoms with van der Waals surface area (Å²) in [5, 5.41) is 12.7. The van der Waals surface area contributed by atoms with Gasteiger partial charge in [-0.1, -0.05) is 42.5 Å². The maximum absolute atomic E-state index is 11.6. The third kappa shape index (κ3) is 3.67. The van der Waals surface area contributed by atoms with Gasteiger partial charge in [0.15, 0.2) is 0 Å². The van der Waals surface area contributed by atoms with Crippen molar-refractivity contribution in [1.29, 1.82) is 0 Å². The highest BCUT2D eigenvalue weighted by Gasteiger charge is 2.18. The number of phenolic OH excluding ortho intramolecular Hbond substituents is 1. The van der Waals surface area contributed by atoms with Crippen molar-refractivity contribution in [2.75, 3.05) is 7.11 Å². The van der Waals surface area contributed by atoms with Crippen LogP contribution in [0.1, 0.15) is 22.7 Å². The highest BCUT2D eigenvalue weighted by molar-refractivity contribution is 5.68. The highest BCUT2D eigenvalue weighted by Crippen LogP contribution is 2.27. The van der Waals surface area contributed by atoms with Crippen molar-refractivity contribution in [3.63, 3.8) is 0 Å². The number of ether oxygens (including phenoxy) is 1. The minimum atomic E-state index is -0.507. The van der Waals surface area contributed by atoms with E-state index in [1.807, 2.05) is 36.4 Å². The Bertz CT molecular complexity index is 653. The normalized spacial score (nSPS) is 11.5. The molecule has 0 aromatic heterocycles. The molecule has 0 fully saturated rings. The number of carbonyl (C=O) groups excluding carboxylic acids is 1. The summed E-state index contributed by atoms with van der Waals surface area (Å²) in [5.74, 6) is 0.216. The van der Waals surface area contributed by atoms with Crippen LogP contribution < -0.4 is 5.32 Å². The molecule has 4 nitrogen and oxygen atoms in total.